The summed E-state index contributed by atoms with van der Waals surface area (Å²) in [6.45, 7) is -0.225. The number of fused-ring (bicyclic) bond motifs is 1. The van der Waals surface area contributed by atoms with Crippen LogP contribution in [0.25, 0.3) is 22.0 Å². The number of hydrogen-bond donors (Lipinski definition) is 1. The lowest BCUT2D eigenvalue weighted by atomic mass is 9.97. The molecule has 1 aromatic heterocycles. The smallest absolute Gasteiger partial charge is 0.275 e. The Hall–Kier alpha value is -3.09. The van der Waals surface area contributed by atoms with Crippen molar-refractivity contribution in [3.63, 3.8) is 0 Å². The van der Waals surface area contributed by atoms with E-state index in [1.54, 1.807) is 24.3 Å². The molecule has 0 aliphatic heterocycles. The van der Waals surface area contributed by atoms with Crippen LogP contribution in [0.4, 0.5) is 8.78 Å². The fraction of sp³-hybridized carbons (Fsp3) is 0.375. The molecule has 0 atom stereocenters. The third-order valence-corrected chi connectivity index (χ3v) is 5.82. The minimum Gasteiger partial charge on any atom is -0.352 e. The first-order valence-electron chi connectivity index (χ1n) is 10.8. The van der Waals surface area contributed by atoms with Crippen LogP contribution in [0, 0.1) is 11.6 Å². The Morgan fingerprint density at radius 2 is 1.65 bits per heavy atom. The fourth-order valence-corrected chi connectivity index (χ4v) is 4.21. The van der Waals surface area contributed by atoms with E-state index >= 15 is 0 Å². The van der Waals surface area contributed by atoms with E-state index in [-0.39, 0.29) is 18.5 Å². The van der Waals surface area contributed by atoms with Crippen LogP contribution in [-0.2, 0) is 11.3 Å². The summed E-state index contributed by atoms with van der Waals surface area (Å²) in [5, 5.41) is 8.29. The molecule has 1 amide bonds. The standard InChI is InChI=1S/C24H25F2N3O2/c25-20-13-12-16(14-21(20)26)23-18-10-6-7-11-19(18)24(31)29(28-23)15-22(30)27-17-8-4-2-1-3-5-9-17/h6-7,10-14,17H,1-5,8-9,15H2,(H,27,30). The van der Waals surface area contributed by atoms with E-state index in [1.165, 1.54) is 25.3 Å². The summed E-state index contributed by atoms with van der Waals surface area (Å²) in [6.07, 6.45) is 7.63. The Morgan fingerprint density at radius 3 is 2.35 bits per heavy atom. The summed E-state index contributed by atoms with van der Waals surface area (Å²) >= 11 is 0. The molecule has 5 nitrogen and oxygen atoms in total. The number of carbonyl (C=O) groups excluding carboxylic acids is 1. The lowest BCUT2D eigenvalue weighted by Gasteiger charge is -2.21. The minimum absolute atomic E-state index is 0.106. The summed E-state index contributed by atoms with van der Waals surface area (Å²) in [7, 11) is 0. The molecule has 31 heavy (non-hydrogen) atoms. The average molecular weight is 425 g/mol. The van der Waals surface area contributed by atoms with Crippen molar-refractivity contribution in [2.75, 3.05) is 0 Å². The normalized spacial score (nSPS) is 15.4. The van der Waals surface area contributed by atoms with E-state index in [0.29, 0.717) is 22.0 Å². The van der Waals surface area contributed by atoms with Gasteiger partial charge in [0.05, 0.1) is 11.1 Å². The minimum atomic E-state index is -0.997. The van der Waals surface area contributed by atoms with E-state index in [2.05, 4.69) is 10.4 Å². The third kappa shape index (κ3) is 4.81. The molecular formula is C24H25F2N3O2. The van der Waals surface area contributed by atoms with Gasteiger partial charge in [0, 0.05) is 17.0 Å². The van der Waals surface area contributed by atoms with Gasteiger partial charge in [0.15, 0.2) is 11.6 Å². The maximum absolute atomic E-state index is 13.8. The number of nitrogens with one attached hydrogen (secondary N) is 1. The highest BCUT2D eigenvalue weighted by Gasteiger charge is 2.18. The Kier molecular flexibility index (Phi) is 6.39. The predicted octanol–water partition coefficient (Wildman–Crippen LogP) is 4.57. The molecule has 162 valence electrons. The van der Waals surface area contributed by atoms with Crippen LogP contribution >= 0.6 is 0 Å². The van der Waals surface area contributed by atoms with Crippen LogP contribution in [0.2, 0.25) is 0 Å². The van der Waals surface area contributed by atoms with Crippen molar-refractivity contribution in [3.8, 4) is 11.3 Å². The van der Waals surface area contributed by atoms with Gasteiger partial charge in [-0.3, -0.25) is 9.59 Å². The number of halogens is 2. The summed E-state index contributed by atoms with van der Waals surface area (Å²) in [6, 6.07) is 10.4. The molecule has 7 heteroatoms. The van der Waals surface area contributed by atoms with Crippen LogP contribution in [0.15, 0.2) is 47.3 Å². The zero-order valence-corrected chi connectivity index (χ0v) is 17.2. The third-order valence-electron chi connectivity index (χ3n) is 5.82. The molecule has 0 unspecified atom stereocenters. The SMILES string of the molecule is O=C(Cn1nc(-c2ccc(F)c(F)c2)c2ccccc2c1=O)NC1CCCCCCC1. The molecule has 1 N–H and O–H groups in total. The number of hydrogen-bond acceptors (Lipinski definition) is 3. The van der Waals surface area contributed by atoms with Crippen molar-refractivity contribution in [3.05, 3.63) is 64.5 Å². The quantitative estimate of drug-likeness (QED) is 0.666. The molecule has 0 bridgehead atoms. The molecular weight excluding hydrogens is 400 g/mol. The zero-order valence-electron chi connectivity index (χ0n) is 17.2. The predicted molar refractivity (Wildman–Crippen MR) is 116 cm³/mol. The number of carbonyl (C=O) groups is 1. The molecule has 1 saturated carbocycles. The van der Waals surface area contributed by atoms with Crippen molar-refractivity contribution in [2.45, 2.75) is 57.5 Å². The van der Waals surface area contributed by atoms with E-state index < -0.39 is 17.2 Å². The first-order chi connectivity index (χ1) is 15.0. The lowest BCUT2D eigenvalue weighted by Crippen LogP contribution is -2.40. The zero-order chi connectivity index (χ0) is 21.8. The summed E-state index contributed by atoms with van der Waals surface area (Å²) in [5.41, 5.74) is 0.270. The molecule has 4 rings (SSSR count). The molecule has 2 aromatic carbocycles. The van der Waals surface area contributed by atoms with Gasteiger partial charge in [0.1, 0.15) is 6.54 Å². The van der Waals surface area contributed by atoms with Gasteiger partial charge in [0.2, 0.25) is 5.91 Å². The van der Waals surface area contributed by atoms with E-state index in [9.17, 15) is 18.4 Å². The van der Waals surface area contributed by atoms with Gasteiger partial charge in [-0.1, -0.05) is 50.3 Å². The van der Waals surface area contributed by atoms with E-state index in [1.807, 2.05) is 0 Å². The second-order valence-electron chi connectivity index (χ2n) is 8.10. The van der Waals surface area contributed by atoms with Gasteiger partial charge in [-0.25, -0.2) is 13.5 Å². The van der Waals surface area contributed by atoms with Crippen molar-refractivity contribution < 1.29 is 13.6 Å². The monoisotopic (exact) mass is 425 g/mol. The second kappa shape index (κ2) is 9.37. The van der Waals surface area contributed by atoms with Crippen LogP contribution < -0.4 is 10.9 Å². The molecule has 1 aliphatic carbocycles. The number of nitrogens with zero attached hydrogens (tertiary/aromatic N) is 2. The van der Waals surface area contributed by atoms with Gasteiger partial charge in [-0.15, -0.1) is 0 Å². The molecule has 0 radical (unpaired) electrons. The molecule has 1 heterocycles. The Bertz CT molecular complexity index is 1150. The first kappa shape index (κ1) is 21.2. The molecule has 0 saturated heterocycles. The highest BCUT2D eigenvalue weighted by atomic mass is 19.2. The fourth-order valence-electron chi connectivity index (χ4n) is 4.21. The van der Waals surface area contributed by atoms with E-state index in [0.717, 1.165) is 42.5 Å². The molecule has 1 fully saturated rings. The summed E-state index contributed by atoms with van der Waals surface area (Å²) in [5.74, 6) is -2.23. The Morgan fingerprint density at radius 1 is 0.968 bits per heavy atom. The summed E-state index contributed by atoms with van der Waals surface area (Å²) in [4.78, 5) is 25.6. The Labute approximate surface area is 179 Å². The van der Waals surface area contributed by atoms with Crippen LogP contribution in [0.5, 0.6) is 0 Å². The highest BCUT2D eigenvalue weighted by Crippen LogP contribution is 2.26. The topological polar surface area (TPSA) is 64.0 Å². The number of amides is 1. The summed E-state index contributed by atoms with van der Waals surface area (Å²) < 4.78 is 28.4. The van der Waals surface area contributed by atoms with Gasteiger partial charge >= 0.3 is 0 Å². The number of benzene rings is 2. The van der Waals surface area contributed by atoms with Gasteiger partial charge in [-0.05, 0) is 37.1 Å². The van der Waals surface area contributed by atoms with Crippen molar-refractivity contribution in [1.29, 1.82) is 0 Å². The Balaban J connectivity index is 1.66. The van der Waals surface area contributed by atoms with Gasteiger partial charge in [0.25, 0.3) is 5.56 Å². The van der Waals surface area contributed by atoms with Crippen molar-refractivity contribution >= 4 is 16.7 Å². The van der Waals surface area contributed by atoms with Crippen LogP contribution in [0.1, 0.15) is 44.9 Å². The van der Waals surface area contributed by atoms with Crippen LogP contribution in [-0.4, -0.2) is 21.7 Å². The second-order valence-corrected chi connectivity index (χ2v) is 8.10. The maximum Gasteiger partial charge on any atom is 0.275 e. The highest BCUT2D eigenvalue weighted by molar-refractivity contribution is 5.93. The van der Waals surface area contributed by atoms with E-state index in [4.69, 9.17) is 0 Å². The van der Waals surface area contributed by atoms with Gasteiger partial charge in [-0.2, -0.15) is 5.10 Å². The molecule has 3 aromatic rings. The maximum atomic E-state index is 13.8. The van der Waals surface area contributed by atoms with Gasteiger partial charge < -0.3 is 5.32 Å². The average Bonchev–Trinajstić information content (AvgIpc) is 2.74. The van der Waals surface area contributed by atoms with Crippen LogP contribution in [0.3, 0.4) is 0 Å². The number of rotatable bonds is 4. The first-order valence-corrected chi connectivity index (χ1v) is 10.8. The largest absolute Gasteiger partial charge is 0.352 e. The molecule has 0 spiro atoms. The molecule has 1 aliphatic rings. The number of aromatic nitrogens is 2. The lowest BCUT2D eigenvalue weighted by molar-refractivity contribution is -0.122. The van der Waals surface area contributed by atoms with Crippen molar-refractivity contribution in [2.24, 2.45) is 0 Å². The van der Waals surface area contributed by atoms with Crippen molar-refractivity contribution in [1.82, 2.24) is 15.1 Å².